The molecule has 136 valence electrons. The fourth-order valence-electron chi connectivity index (χ4n) is 3.74. The van der Waals surface area contributed by atoms with Crippen molar-refractivity contribution in [2.45, 2.75) is 58.7 Å². The summed E-state index contributed by atoms with van der Waals surface area (Å²) in [5.74, 6) is 1.14. The molecule has 1 aliphatic heterocycles. The summed E-state index contributed by atoms with van der Waals surface area (Å²) in [5.41, 5.74) is 0. The lowest BCUT2D eigenvalue weighted by atomic mass is 9.90. The third kappa shape index (κ3) is 4.36. The second-order valence-electron chi connectivity index (χ2n) is 7.44. The van der Waals surface area contributed by atoms with Crippen molar-refractivity contribution in [2.75, 3.05) is 19.6 Å². The second-order valence-corrected chi connectivity index (χ2v) is 7.44. The molecule has 1 aromatic rings. The van der Waals surface area contributed by atoms with Crippen LogP contribution in [0.2, 0.25) is 0 Å². The van der Waals surface area contributed by atoms with E-state index < -0.39 is 6.10 Å². The summed E-state index contributed by atoms with van der Waals surface area (Å²) >= 11 is 0. The molecular weight excluding hydrogens is 304 g/mol. The van der Waals surface area contributed by atoms with E-state index in [2.05, 4.69) is 37.6 Å². The van der Waals surface area contributed by atoms with E-state index in [4.69, 9.17) is 0 Å². The maximum Gasteiger partial charge on any atom is 0.237 e. The van der Waals surface area contributed by atoms with E-state index in [-0.39, 0.29) is 23.9 Å². The van der Waals surface area contributed by atoms with Crippen LogP contribution in [0.3, 0.4) is 0 Å². The molecule has 1 unspecified atom stereocenters. The van der Waals surface area contributed by atoms with Gasteiger partial charge in [-0.1, -0.05) is 0 Å². The Labute approximate surface area is 145 Å². The zero-order valence-electron chi connectivity index (χ0n) is 15.6. The molecule has 6 nitrogen and oxygen atoms in total. The molecule has 6 heteroatoms. The Hall–Kier alpha value is -1.40. The Morgan fingerprint density at radius 3 is 2.33 bits per heavy atom. The summed E-state index contributed by atoms with van der Waals surface area (Å²) in [7, 11) is 1.91. The van der Waals surface area contributed by atoms with Crippen molar-refractivity contribution in [3.8, 4) is 0 Å². The fraction of sp³-hybridized carbons (Fsp3) is 0.778. The van der Waals surface area contributed by atoms with Crippen molar-refractivity contribution in [3.63, 3.8) is 0 Å². The highest BCUT2D eigenvalue weighted by Gasteiger charge is 2.30. The number of aryl methyl sites for hydroxylation is 1. The van der Waals surface area contributed by atoms with Gasteiger partial charge in [-0.05, 0) is 59.5 Å². The van der Waals surface area contributed by atoms with Crippen LogP contribution in [0, 0.1) is 5.92 Å². The van der Waals surface area contributed by atoms with E-state index in [1.807, 2.05) is 22.7 Å². The van der Waals surface area contributed by atoms with Gasteiger partial charge in [0.2, 0.25) is 5.91 Å². The minimum absolute atomic E-state index is 0.197. The average Bonchev–Trinajstić information content (AvgIpc) is 2.92. The maximum atomic E-state index is 12.6. The van der Waals surface area contributed by atoms with Gasteiger partial charge in [-0.15, -0.1) is 0 Å². The van der Waals surface area contributed by atoms with Crippen LogP contribution < -0.4 is 0 Å². The van der Waals surface area contributed by atoms with Crippen molar-refractivity contribution < 1.29 is 9.90 Å². The standard InChI is InChI=1S/C18H32N4O2/c1-13(2)22(14(3)4)16(23)12-21-9-6-15(7-10-21)17(24)18-19-8-11-20(18)5/h8,11,13-15,17,24H,6-7,9-10,12H2,1-5H3. The van der Waals surface area contributed by atoms with Gasteiger partial charge in [0.25, 0.3) is 0 Å². The van der Waals surface area contributed by atoms with Gasteiger partial charge < -0.3 is 14.6 Å². The van der Waals surface area contributed by atoms with E-state index in [0.717, 1.165) is 31.8 Å². The number of aliphatic hydroxyl groups is 1. The molecule has 2 rings (SSSR count). The molecule has 1 amide bonds. The van der Waals surface area contributed by atoms with Gasteiger partial charge in [0.15, 0.2) is 0 Å². The van der Waals surface area contributed by atoms with Gasteiger partial charge >= 0.3 is 0 Å². The third-order valence-corrected chi connectivity index (χ3v) is 4.96. The molecule has 1 aromatic heterocycles. The minimum atomic E-state index is -0.523. The second kappa shape index (κ2) is 8.12. The van der Waals surface area contributed by atoms with Crippen molar-refractivity contribution in [2.24, 2.45) is 13.0 Å². The van der Waals surface area contributed by atoms with Gasteiger partial charge in [0, 0.05) is 31.5 Å². The molecule has 1 aliphatic rings. The summed E-state index contributed by atoms with van der Waals surface area (Å²) in [6.45, 7) is 10.4. The number of aromatic nitrogens is 2. The highest BCUT2D eigenvalue weighted by atomic mass is 16.3. The average molecular weight is 336 g/mol. The van der Waals surface area contributed by atoms with Crippen LogP contribution in [-0.2, 0) is 11.8 Å². The number of hydrogen-bond donors (Lipinski definition) is 1. The van der Waals surface area contributed by atoms with Gasteiger partial charge in [-0.25, -0.2) is 4.98 Å². The van der Waals surface area contributed by atoms with E-state index in [0.29, 0.717) is 6.54 Å². The van der Waals surface area contributed by atoms with Crippen molar-refractivity contribution in [1.29, 1.82) is 0 Å². The maximum absolute atomic E-state index is 12.6. The van der Waals surface area contributed by atoms with Crippen molar-refractivity contribution >= 4 is 5.91 Å². The van der Waals surface area contributed by atoms with Gasteiger partial charge in [-0.3, -0.25) is 9.69 Å². The number of likely N-dealkylation sites (tertiary alicyclic amines) is 1. The molecule has 1 fully saturated rings. The number of amides is 1. The smallest absolute Gasteiger partial charge is 0.237 e. The molecule has 1 N–H and O–H groups in total. The predicted octanol–water partition coefficient (Wildman–Crippen LogP) is 1.81. The quantitative estimate of drug-likeness (QED) is 0.861. The van der Waals surface area contributed by atoms with Crippen LogP contribution >= 0.6 is 0 Å². The van der Waals surface area contributed by atoms with Gasteiger partial charge in [0.05, 0.1) is 6.54 Å². The molecule has 1 atom stereocenters. The fourth-order valence-corrected chi connectivity index (χ4v) is 3.74. The first-order valence-electron chi connectivity index (χ1n) is 9.00. The Bertz CT molecular complexity index is 525. The Morgan fingerprint density at radius 1 is 1.29 bits per heavy atom. The topological polar surface area (TPSA) is 61.6 Å². The molecule has 1 saturated heterocycles. The number of nitrogens with zero attached hydrogens (tertiary/aromatic N) is 4. The molecule has 0 aliphatic carbocycles. The zero-order chi connectivity index (χ0) is 17.9. The number of piperidine rings is 1. The predicted molar refractivity (Wildman–Crippen MR) is 94.4 cm³/mol. The van der Waals surface area contributed by atoms with Crippen LogP contribution in [0.1, 0.15) is 52.5 Å². The number of imidazole rings is 1. The first-order chi connectivity index (χ1) is 11.3. The molecule has 0 saturated carbocycles. The summed E-state index contributed by atoms with van der Waals surface area (Å²) < 4.78 is 1.88. The summed E-state index contributed by atoms with van der Waals surface area (Å²) in [5, 5.41) is 10.5. The van der Waals surface area contributed by atoms with Gasteiger partial charge in [-0.2, -0.15) is 0 Å². The summed E-state index contributed by atoms with van der Waals surface area (Å²) in [6, 6.07) is 0.445. The normalized spacial score (nSPS) is 18.3. The largest absolute Gasteiger partial charge is 0.385 e. The lowest BCUT2D eigenvalue weighted by Gasteiger charge is -2.36. The highest BCUT2D eigenvalue weighted by Crippen LogP contribution is 2.29. The SMILES string of the molecule is CC(C)N(C(=O)CN1CCC(C(O)c2nccn2C)CC1)C(C)C. The highest BCUT2D eigenvalue weighted by molar-refractivity contribution is 5.78. The van der Waals surface area contributed by atoms with E-state index >= 15 is 0 Å². The van der Waals surface area contributed by atoms with Crippen molar-refractivity contribution in [1.82, 2.24) is 19.4 Å². The molecule has 24 heavy (non-hydrogen) atoms. The van der Waals surface area contributed by atoms with E-state index in [1.165, 1.54) is 0 Å². The van der Waals surface area contributed by atoms with Gasteiger partial charge in [0.1, 0.15) is 11.9 Å². The first kappa shape index (κ1) is 18.9. The summed E-state index contributed by atoms with van der Waals surface area (Å²) in [6.07, 6.45) is 4.85. The van der Waals surface area contributed by atoms with Crippen molar-refractivity contribution in [3.05, 3.63) is 18.2 Å². The Balaban J connectivity index is 1.86. The Morgan fingerprint density at radius 2 is 1.88 bits per heavy atom. The third-order valence-electron chi connectivity index (χ3n) is 4.96. The van der Waals surface area contributed by atoms with E-state index in [9.17, 15) is 9.90 Å². The molecule has 0 bridgehead atoms. The monoisotopic (exact) mass is 336 g/mol. The van der Waals surface area contributed by atoms with E-state index in [1.54, 1.807) is 6.20 Å². The van der Waals surface area contributed by atoms with Crippen LogP contribution in [0.25, 0.3) is 0 Å². The zero-order valence-corrected chi connectivity index (χ0v) is 15.6. The molecule has 0 spiro atoms. The number of carbonyl (C=O) groups is 1. The van der Waals surface area contributed by atoms with Crippen LogP contribution in [0.5, 0.6) is 0 Å². The van der Waals surface area contributed by atoms with Crippen LogP contribution in [-0.4, -0.2) is 62.1 Å². The molecule has 0 aromatic carbocycles. The summed E-state index contributed by atoms with van der Waals surface area (Å²) in [4.78, 5) is 21.0. The molecular formula is C18H32N4O2. The number of aliphatic hydroxyl groups excluding tert-OH is 1. The lowest BCUT2D eigenvalue weighted by molar-refractivity contribution is -0.136. The lowest BCUT2D eigenvalue weighted by Crippen LogP contribution is -2.48. The first-order valence-corrected chi connectivity index (χ1v) is 9.00. The number of carbonyl (C=O) groups excluding carboxylic acids is 1. The minimum Gasteiger partial charge on any atom is -0.385 e. The number of hydrogen-bond acceptors (Lipinski definition) is 4. The number of rotatable bonds is 6. The van der Waals surface area contributed by atoms with Crippen LogP contribution in [0.4, 0.5) is 0 Å². The van der Waals surface area contributed by atoms with Crippen LogP contribution in [0.15, 0.2) is 12.4 Å². The molecule has 0 radical (unpaired) electrons. The molecule has 2 heterocycles. The Kier molecular flexibility index (Phi) is 6.40.